The molecule has 23 heavy (non-hydrogen) atoms. The fourth-order valence-corrected chi connectivity index (χ4v) is 3.17. The van der Waals surface area contributed by atoms with Crippen LogP contribution in [0.25, 0.3) is 11.1 Å². The van der Waals surface area contributed by atoms with Crippen LogP contribution in [0.15, 0.2) is 71.7 Å². The van der Waals surface area contributed by atoms with Crippen LogP contribution in [-0.2, 0) is 6.54 Å². The van der Waals surface area contributed by atoms with Gasteiger partial charge in [0.25, 0.3) is 0 Å². The lowest BCUT2D eigenvalue weighted by atomic mass is 9.92. The lowest BCUT2D eigenvalue weighted by molar-refractivity contribution is 0.625. The third-order valence-electron chi connectivity index (χ3n) is 4.08. The smallest absolute Gasteiger partial charge is 0.132 e. The van der Waals surface area contributed by atoms with E-state index in [1.165, 1.54) is 6.07 Å². The van der Waals surface area contributed by atoms with Gasteiger partial charge in [-0.3, -0.25) is 4.99 Å². The van der Waals surface area contributed by atoms with Crippen LogP contribution in [0.2, 0.25) is 5.02 Å². The van der Waals surface area contributed by atoms with Crippen molar-refractivity contribution in [2.45, 2.75) is 6.54 Å². The summed E-state index contributed by atoms with van der Waals surface area (Å²) in [6.45, 7) is 0.520. The molecule has 4 rings (SSSR count). The third kappa shape index (κ3) is 2.45. The van der Waals surface area contributed by atoms with Gasteiger partial charge in [0.2, 0.25) is 0 Å². The lowest BCUT2D eigenvalue weighted by Crippen LogP contribution is -2.07. The highest BCUT2D eigenvalue weighted by molar-refractivity contribution is 6.31. The van der Waals surface area contributed by atoms with Gasteiger partial charge in [-0.25, -0.2) is 4.39 Å². The predicted octanol–water partition coefficient (Wildman–Crippen LogP) is 5.50. The molecule has 0 aliphatic carbocycles. The van der Waals surface area contributed by atoms with E-state index < -0.39 is 0 Å². The van der Waals surface area contributed by atoms with Crippen molar-refractivity contribution in [3.05, 3.63) is 94.3 Å². The van der Waals surface area contributed by atoms with Gasteiger partial charge in [-0.1, -0.05) is 54.1 Å². The number of hydrogen-bond donors (Lipinski definition) is 0. The maximum absolute atomic E-state index is 14.3. The average molecular weight is 322 g/mol. The second kappa shape index (κ2) is 5.64. The van der Waals surface area contributed by atoms with Crippen molar-refractivity contribution in [1.82, 2.24) is 0 Å². The van der Waals surface area contributed by atoms with E-state index in [9.17, 15) is 4.39 Å². The molecule has 0 spiro atoms. The molecule has 0 saturated carbocycles. The zero-order chi connectivity index (χ0) is 15.8. The second-order valence-electron chi connectivity index (χ2n) is 5.49. The number of fused-ring (bicyclic) bond motifs is 3. The predicted molar refractivity (Wildman–Crippen MR) is 92.6 cm³/mol. The van der Waals surface area contributed by atoms with Crippen molar-refractivity contribution < 1.29 is 4.39 Å². The zero-order valence-corrected chi connectivity index (χ0v) is 13.0. The summed E-state index contributed by atoms with van der Waals surface area (Å²) in [5.74, 6) is -0.275. The SMILES string of the molecule is Fc1ccccc1C1=NCc2ccccc2-c2ccc(Cl)cc21. The Labute approximate surface area is 139 Å². The molecule has 1 heterocycles. The molecule has 112 valence electrons. The highest BCUT2D eigenvalue weighted by atomic mass is 35.5. The summed E-state index contributed by atoms with van der Waals surface area (Å²) in [7, 11) is 0. The molecule has 0 atom stereocenters. The van der Waals surface area contributed by atoms with Gasteiger partial charge >= 0.3 is 0 Å². The maximum atomic E-state index is 14.3. The number of nitrogens with zero attached hydrogens (tertiary/aromatic N) is 1. The van der Waals surface area contributed by atoms with Crippen LogP contribution in [0.1, 0.15) is 16.7 Å². The van der Waals surface area contributed by atoms with E-state index in [-0.39, 0.29) is 5.82 Å². The molecule has 0 aromatic heterocycles. The lowest BCUT2D eigenvalue weighted by Gasteiger charge is -2.12. The molecule has 3 aromatic rings. The fraction of sp³-hybridized carbons (Fsp3) is 0.0500. The minimum Gasteiger partial charge on any atom is -0.279 e. The van der Waals surface area contributed by atoms with Gasteiger partial charge in [-0.2, -0.15) is 0 Å². The van der Waals surface area contributed by atoms with Crippen LogP contribution in [0.4, 0.5) is 4.39 Å². The van der Waals surface area contributed by atoms with Crippen LogP contribution < -0.4 is 0 Å². The molecule has 0 radical (unpaired) electrons. The highest BCUT2D eigenvalue weighted by Gasteiger charge is 2.20. The monoisotopic (exact) mass is 321 g/mol. The van der Waals surface area contributed by atoms with Gasteiger partial charge in [0, 0.05) is 16.1 Å². The van der Waals surface area contributed by atoms with E-state index >= 15 is 0 Å². The Morgan fingerprint density at radius 3 is 2.35 bits per heavy atom. The first-order chi connectivity index (χ1) is 11.2. The first-order valence-corrected chi connectivity index (χ1v) is 7.79. The first-order valence-electron chi connectivity index (χ1n) is 7.41. The van der Waals surface area contributed by atoms with Crippen molar-refractivity contribution in [3.8, 4) is 11.1 Å². The molecule has 0 bridgehead atoms. The Balaban J connectivity index is 2.02. The van der Waals surface area contributed by atoms with Crippen LogP contribution in [-0.4, -0.2) is 5.71 Å². The topological polar surface area (TPSA) is 12.4 Å². The Bertz CT molecular complexity index is 930. The molecule has 0 N–H and O–H groups in total. The molecule has 0 fully saturated rings. The van der Waals surface area contributed by atoms with Crippen LogP contribution in [0, 0.1) is 5.82 Å². The number of halogens is 2. The summed E-state index contributed by atoms with van der Waals surface area (Å²) in [6, 6.07) is 20.6. The molecule has 0 unspecified atom stereocenters. The summed E-state index contributed by atoms with van der Waals surface area (Å²) in [6.07, 6.45) is 0. The third-order valence-corrected chi connectivity index (χ3v) is 4.32. The molecular formula is C20H13ClFN. The number of rotatable bonds is 1. The summed E-state index contributed by atoms with van der Waals surface area (Å²) in [4.78, 5) is 4.70. The summed E-state index contributed by atoms with van der Waals surface area (Å²) >= 11 is 6.20. The van der Waals surface area contributed by atoms with E-state index in [1.54, 1.807) is 12.1 Å². The van der Waals surface area contributed by atoms with E-state index in [4.69, 9.17) is 16.6 Å². The van der Waals surface area contributed by atoms with Gasteiger partial charge in [0.1, 0.15) is 5.82 Å². The first kappa shape index (κ1) is 14.2. The van der Waals surface area contributed by atoms with Crippen molar-refractivity contribution in [2.24, 2.45) is 4.99 Å². The molecule has 1 aliphatic rings. The minimum atomic E-state index is -0.275. The molecule has 3 heteroatoms. The molecule has 0 amide bonds. The average Bonchev–Trinajstić information content (AvgIpc) is 2.72. The van der Waals surface area contributed by atoms with E-state index in [0.717, 1.165) is 22.3 Å². The Hall–Kier alpha value is -2.45. The largest absolute Gasteiger partial charge is 0.279 e. The van der Waals surface area contributed by atoms with Gasteiger partial charge in [-0.05, 0) is 41.0 Å². The van der Waals surface area contributed by atoms with Crippen LogP contribution >= 0.6 is 11.6 Å². The second-order valence-corrected chi connectivity index (χ2v) is 5.93. The van der Waals surface area contributed by atoms with Crippen molar-refractivity contribution in [3.63, 3.8) is 0 Å². The van der Waals surface area contributed by atoms with Gasteiger partial charge in [0.05, 0.1) is 12.3 Å². The van der Waals surface area contributed by atoms with E-state index in [2.05, 4.69) is 12.1 Å². The molecular weight excluding hydrogens is 309 g/mol. The molecule has 1 aliphatic heterocycles. The Kier molecular flexibility index (Phi) is 3.47. The number of benzene rings is 3. The summed E-state index contributed by atoms with van der Waals surface area (Å²) < 4.78 is 14.3. The van der Waals surface area contributed by atoms with Crippen molar-refractivity contribution in [1.29, 1.82) is 0 Å². The Morgan fingerprint density at radius 2 is 1.52 bits per heavy atom. The van der Waals surface area contributed by atoms with Gasteiger partial charge in [0.15, 0.2) is 0 Å². The van der Waals surface area contributed by atoms with Crippen molar-refractivity contribution in [2.75, 3.05) is 0 Å². The summed E-state index contributed by atoms with van der Waals surface area (Å²) in [5, 5.41) is 0.618. The van der Waals surface area contributed by atoms with Gasteiger partial charge < -0.3 is 0 Å². The maximum Gasteiger partial charge on any atom is 0.132 e. The summed E-state index contributed by atoms with van der Waals surface area (Å²) in [5.41, 5.74) is 5.30. The number of hydrogen-bond acceptors (Lipinski definition) is 1. The molecule has 1 nitrogen and oxygen atoms in total. The number of aliphatic imine (C=N–C) groups is 1. The minimum absolute atomic E-state index is 0.275. The molecule has 3 aromatic carbocycles. The van der Waals surface area contributed by atoms with E-state index in [0.29, 0.717) is 22.8 Å². The molecule has 0 saturated heterocycles. The quantitative estimate of drug-likeness (QED) is 0.561. The highest BCUT2D eigenvalue weighted by Crippen LogP contribution is 2.34. The van der Waals surface area contributed by atoms with Gasteiger partial charge in [-0.15, -0.1) is 0 Å². The van der Waals surface area contributed by atoms with Crippen LogP contribution in [0.5, 0.6) is 0 Å². The fourth-order valence-electron chi connectivity index (χ4n) is 3.00. The normalized spacial score (nSPS) is 12.9. The van der Waals surface area contributed by atoms with Crippen molar-refractivity contribution >= 4 is 17.3 Å². The standard InChI is InChI=1S/C20H13ClFN/c21-14-9-10-16-15-6-2-1-5-13(15)12-23-20(18(16)11-14)17-7-3-4-8-19(17)22/h1-11H,12H2. The Morgan fingerprint density at radius 1 is 0.783 bits per heavy atom. The van der Waals surface area contributed by atoms with Crippen LogP contribution in [0.3, 0.4) is 0 Å². The van der Waals surface area contributed by atoms with E-state index in [1.807, 2.05) is 36.4 Å². The zero-order valence-electron chi connectivity index (χ0n) is 12.3.